The Labute approximate surface area is 304 Å². The van der Waals surface area contributed by atoms with Gasteiger partial charge in [0, 0.05) is 18.3 Å². The predicted octanol–water partition coefficient (Wildman–Crippen LogP) is -2.47. The van der Waals surface area contributed by atoms with E-state index in [-0.39, 0.29) is 25.2 Å². The van der Waals surface area contributed by atoms with Crippen LogP contribution in [0, 0.1) is 11.8 Å². The Kier molecular flexibility index (Phi) is 20.1. The molecule has 294 valence electrons. The molecule has 0 fully saturated rings. The van der Waals surface area contributed by atoms with Crippen molar-refractivity contribution in [3.05, 3.63) is 18.2 Å². The standard InChI is InChI=1S/C33H58N10O9/c1-7-18(4)26(33(51)52)43-32(50)25(15-44)42-28(46)20(6)38-29(47)22(10-8-9-11-34)39-30(48)23(12-17(2)3)41-31(49)24(40-27(45)19(5)35)13-21-14-36-16-37-21/h14,16-20,22-26,44H,7-13,15,34-35H2,1-6H3,(H,36,37)(H,38,47)(H,39,48)(H,40,45)(H,41,49)(H,42,46)(H,43,50)(H,51,52)/t18-,19-,20-,22-,23-,24-,25-,26-/m0/s1. The van der Waals surface area contributed by atoms with Gasteiger partial charge < -0.3 is 58.6 Å². The van der Waals surface area contributed by atoms with Crippen molar-refractivity contribution >= 4 is 41.4 Å². The minimum Gasteiger partial charge on any atom is -0.480 e. The van der Waals surface area contributed by atoms with Crippen molar-refractivity contribution < 1.29 is 43.8 Å². The van der Waals surface area contributed by atoms with E-state index in [1.165, 1.54) is 26.4 Å². The van der Waals surface area contributed by atoms with Crippen LogP contribution in [-0.4, -0.2) is 117 Å². The lowest BCUT2D eigenvalue weighted by atomic mass is 9.99. The van der Waals surface area contributed by atoms with E-state index < -0.39 is 96.2 Å². The summed E-state index contributed by atoms with van der Waals surface area (Å²) < 4.78 is 0. The average Bonchev–Trinajstić information content (AvgIpc) is 3.60. The predicted molar refractivity (Wildman–Crippen MR) is 190 cm³/mol. The zero-order chi connectivity index (χ0) is 39.5. The zero-order valence-electron chi connectivity index (χ0n) is 30.9. The number of nitrogens with one attached hydrogen (secondary N) is 7. The molecule has 52 heavy (non-hydrogen) atoms. The summed E-state index contributed by atoms with van der Waals surface area (Å²) in [6.45, 7) is 9.33. The van der Waals surface area contributed by atoms with E-state index in [1.807, 2.05) is 13.8 Å². The Morgan fingerprint density at radius 3 is 1.85 bits per heavy atom. The highest BCUT2D eigenvalue weighted by Crippen LogP contribution is 2.10. The number of hydrogen-bond acceptors (Lipinski definition) is 11. The van der Waals surface area contributed by atoms with Crippen molar-refractivity contribution in [1.29, 1.82) is 0 Å². The maximum Gasteiger partial charge on any atom is 0.326 e. The number of carboxylic acids is 1. The molecule has 0 aliphatic carbocycles. The number of nitrogens with two attached hydrogens (primary N) is 2. The van der Waals surface area contributed by atoms with E-state index in [0.29, 0.717) is 31.5 Å². The Hall–Kier alpha value is -4.62. The summed E-state index contributed by atoms with van der Waals surface area (Å²) in [6, 6.07) is -8.32. The quantitative estimate of drug-likeness (QED) is 0.0492. The number of aromatic nitrogens is 2. The second-order valence-electron chi connectivity index (χ2n) is 13.4. The zero-order valence-corrected chi connectivity index (χ0v) is 30.9. The van der Waals surface area contributed by atoms with Crippen molar-refractivity contribution in [2.75, 3.05) is 13.2 Å². The number of rotatable bonds is 24. The van der Waals surface area contributed by atoms with Gasteiger partial charge in [-0.05, 0) is 57.9 Å². The summed E-state index contributed by atoms with van der Waals surface area (Å²) in [6.07, 6.45) is 4.65. The van der Waals surface area contributed by atoms with Crippen LogP contribution >= 0.6 is 0 Å². The fourth-order valence-electron chi connectivity index (χ4n) is 4.95. The lowest BCUT2D eigenvalue weighted by Crippen LogP contribution is -2.60. The highest BCUT2D eigenvalue weighted by Gasteiger charge is 2.33. The van der Waals surface area contributed by atoms with Crippen LogP contribution in [0.25, 0.3) is 0 Å². The molecule has 6 amide bonds. The fraction of sp³-hybridized carbons (Fsp3) is 0.697. The monoisotopic (exact) mass is 738 g/mol. The molecule has 0 aliphatic heterocycles. The number of nitrogens with zero attached hydrogens (tertiary/aromatic N) is 1. The van der Waals surface area contributed by atoms with E-state index >= 15 is 0 Å². The highest BCUT2D eigenvalue weighted by atomic mass is 16.4. The van der Waals surface area contributed by atoms with E-state index in [4.69, 9.17) is 11.5 Å². The number of aliphatic hydroxyl groups excluding tert-OH is 1. The highest BCUT2D eigenvalue weighted by molar-refractivity contribution is 5.97. The first-order chi connectivity index (χ1) is 24.4. The molecule has 1 aromatic heterocycles. The van der Waals surface area contributed by atoms with Gasteiger partial charge in [-0.25, -0.2) is 9.78 Å². The van der Waals surface area contributed by atoms with Gasteiger partial charge in [-0.1, -0.05) is 34.1 Å². The molecular formula is C33H58N10O9. The number of unbranched alkanes of at least 4 members (excludes halogenated alkanes) is 1. The van der Waals surface area contributed by atoms with E-state index in [2.05, 4.69) is 41.9 Å². The molecule has 0 aliphatic rings. The second kappa shape index (κ2) is 23.0. The van der Waals surface area contributed by atoms with Gasteiger partial charge in [0.2, 0.25) is 35.4 Å². The molecule has 1 rings (SSSR count). The second-order valence-corrected chi connectivity index (χ2v) is 13.4. The lowest BCUT2D eigenvalue weighted by Gasteiger charge is -2.27. The van der Waals surface area contributed by atoms with Crippen LogP contribution in [0.15, 0.2) is 12.5 Å². The molecule has 19 heteroatoms. The van der Waals surface area contributed by atoms with Crippen molar-refractivity contribution in [2.45, 2.75) is 122 Å². The molecule has 0 unspecified atom stereocenters. The molecule has 0 spiro atoms. The topological polar surface area (TPSA) is 313 Å². The maximum absolute atomic E-state index is 13.7. The van der Waals surface area contributed by atoms with E-state index in [0.717, 1.165) is 0 Å². The third-order valence-electron chi connectivity index (χ3n) is 8.29. The van der Waals surface area contributed by atoms with Crippen LogP contribution in [0.1, 0.15) is 79.3 Å². The van der Waals surface area contributed by atoms with Crippen molar-refractivity contribution in [1.82, 2.24) is 41.9 Å². The first kappa shape index (κ1) is 45.4. The molecule has 0 radical (unpaired) electrons. The first-order valence-electron chi connectivity index (χ1n) is 17.5. The third-order valence-corrected chi connectivity index (χ3v) is 8.29. The molecule has 8 atom stereocenters. The average molecular weight is 739 g/mol. The number of carbonyl (C=O) groups is 7. The number of carboxylic acid groups (broad SMARTS) is 1. The van der Waals surface area contributed by atoms with Gasteiger partial charge in [-0.15, -0.1) is 0 Å². The third kappa shape index (κ3) is 15.7. The number of amides is 6. The molecule has 0 bridgehead atoms. The number of aliphatic hydroxyl groups is 1. The number of hydrogen-bond donors (Lipinski definition) is 11. The van der Waals surface area contributed by atoms with Crippen LogP contribution in [-0.2, 0) is 40.0 Å². The van der Waals surface area contributed by atoms with E-state index in [9.17, 15) is 43.8 Å². The molecular weight excluding hydrogens is 680 g/mol. The van der Waals surface area contributed by atoms with Crippen LogP contribution < -0.4 is 43.4 Å². The Morgan fingerprint density at radius 1 is 0.769 bits per heavy atom. The summed E-state index contributed by atoms with van der Waals surface area (Å²) in [5.74, 6) is -6.23. The largest absolute Gasteiger partial charge is 0.480 e. The summed E-state index contributed by atoms with van der Waals surface area (Å²) >= 11 is 0. The molecule has 0 saturated heterocycles. The van der Waals surface area contributed by atoms with Crippen LogP contribution in [0.5, 0.6) is 0 Å². The normalized spacial score (nSPS) is 15.8. The number of carbonyl (C=O) groups excluding carboxylic acids is 6. The molecule has 1 aromatic rings. The molecule has 0 aromatic carbocycles. The first-order valence-corrected chi connectivity index (χ1v) is 17.5. The van der Waals surface area contributed by atoms with E-state index in [1.54, 1.807) is 13.8 Å². The van der Waals surface area contributed by atoms with Gasteiger partial charge in [-0.3, -0.25) is 28.8 Å². The Balaban J connectivity index is 3.11. The van der Waals surface area contributed by atoms with Gasteiger partial charge in [0.15, 0.2) is 0 Å². The number of aliphatic carboxylic acids is 1. The number of H-pyrrole nitrogens is 1. The Bertz CT molecular complexity index is 1330. The Morgan fingerprint density at radius 2 is 1.33 bits per heavy atom. The van der Waals surface area contributed by atoms with Gasteiger partial charge in [-0.2, -0.15) is 0 Å². The van der Waals surface area contributed by atoms with Crippen molar-refractivity contribution in [3.63, 3.8) is 0 Å². The van der Waals surface area contributed by atoms with Crippen LogP contribution in [0.4, 0.5) is 0 Å². The van der Waals surface area contributed by atoms with Crippen LogP contribution in [0.3, 0.4) is 0 Å². The summed E-state index contributed by atoms with van der Waals surface area (Å²) in [7, 11) is 0. The smallest absolute Gasteiger partial charge is 0.326 e. The minimum atomic E-state index is -1.51. The van der Waals surface area contributed by atoms with Crippen molar-refractivity contribution in [2.24, 2.45) is 23.3 Å². The van der Waals surface area contributed by atoms with Gasteiger partial charge >= 0.3 is 5.97 Å². The van der Waals surface area contributed by atoms with Crippen molar-refractivity contribution in [3.8, 4) is 0 Å². The molecule has 19 nitrogen and oxygen atoms in total. The molecule has 0 saturated carbocycles. The molecule has 13 N–H and O–H groups in total. The SMILES string of the molecule is CC[C@H](C)[C@H](NC(=O)[C@H](CO)NC(=O)[C@H](C)NC(=O)[C@H](CCCCN)NC(=O)[C@H](CC(C)C)NC(=O)[C@H](Cc1cnc[nH]1)NC(=O)[C@H](C)N)C(=O)O. The lowest BCUT2D eigenvalue weighted by molar-refractivity contribution is -0.144. The molecule has 1 heterocycles. The summed E-state index contributed by atoms with van der Waals surface area (Å²) in [5, 5.41) is 34.3. The van der Waals surface area contributed by atoms with Gasteiger partial charge in [0.1, 0.15) is 36.3 Å². The minimum absolute atomic E-state index is 0.0290. The number of aromatic amines is 1. The maximum atomic E-state index is 13.7. The summed E-state index contributed by atoms with van der Waals surface area (Å²) in [4.78, 5) is 97.2. The van der Waals surface area contributed by atoms with Crippen LogP contribution in [0.2, 0.25) is 0 Å². The van der Waals surface area contributed by atoms with Gasteiger partial charge in [0.25, 0.3) is 0 Å². The van der Waals surface area contributed by atoms with Gasteiger partial charge in [0.05, 0.1) is 19.0 Å². The number of imidazole rings is 1. The summed E-state index contributed by atoms with van der Waals surface area (Å²) in [5.41, 5.74) is 11.9. The fourth-order valence-corrected chi connectivity index (χ4v) is 4.95.